The molecule has 2 saturated heterocycles. The molecule has 5 aliphatic rings. The van der Waals surface area contributed by atoms with Crippen molar-refractivity contribution < 1.29 is 38.1 Å². The fraction of sp³-hybridized carbons (Fsp3) is 0.846. The number of carbonyl (C=O) groups excluding carboxylic acids is 4. The molecule has 34 heavy (non-hydrogen) atoms. The highest BCUT2D eigenvalue weighted by molar-refractivity contribution is 5.88. The van der Waals surface area contributed by atoms with Crippen LogP contribution in [-0.4, -0.2) is 54.7 Å². The van der Waals surface area contributed by atoms with Crippen LogP contribution in [0.3, 0.4) is 0 Å². The van der Waals surface area contributed by atoms with E-state index < -0.39 is 58.1 Å². The lowest BCUT2D eigenvalue weighted by atomic mass is 9.35. The summed E-state index contributed by atoms with van der Waals surface area (Å²) >= 11 is 0. The molecule has 8 nitrogen and oxygen atoms in total. The van der Waals surface area contributed by atoms with Crippen molar-refractivity contribution in [3.63, 3.8) is 0 Å². The summed E-state index contributed by atoms with van der Waals surface area (Å²) in [6.07, 6.45) is 0.629. The van der Waals surface area contributed by atoms with Crippen molar-refractivity contribution in [1.82, 2.24) is 0 Å². The Balaban J connectivity index is 1.69. The minimum absolute atomic E-state index is 0.0218. The number of esters is 3. The van der Waals surface area contributed by atoms with Gasteiger partial charge in [-0.1, -0.05) is 34.6 Å². The van der Waals surface area contributed by atoms with E-state index in [1.54, 1.807) is 0 Å². The van der Waals surface area contributed by atoms with E-state index in [-0.39, 0.29) is 23.0 Å². The Labute approximate surface area is 200 Å². The van der Waals surface area contributed by atoms with Gasteiger partial charge in [0.1, 0.15) is 17.5 Å². The maximum atomic E-state index is 13.0. The molecular formula is C26H36O8. The van der Waals surface area contributed by atoms with Crippen molar-refractivity contribution in [2.75, 3.05) is 7.11 Å². The number of hydrogen-bond acceptors (Lipinski definition) is 8. The topological polar surface area (TPSA) is 108 Å². The summed E-state index contributed by atoms with van der Waals surface area (Å²) in [5, 5.41) is 0. The molecule has 0 bridgehead atoms. The van der Waals surface area contributed by atoms with Crippen LogP contribution < -0.4 is 0 Å². The second kappa shape index (κ2) is 6.83. The van der Waals surface area contributed by atoms with Crippen LogP contribution in [0.1, 0.15) is 73.6 Å². The summed E-state index contributed by atoms with van der Waals surface area (Å²) in [6, 6.07) is 0. The Morgan fingerprint density at radius 2 is 1.71 bits per heavy atom. The van der Waals surface area contributed by atoms with Crippen LogP contribution in [0.4, 0.5) is 0 Å². The zero-order valence-corrected chi connectivity index (χ0v) is 21.2. The molecule has 9 atom stereocenters. The third kappa shape index (κ3) is 2.48. The third-order valence-electron chi connectivity index (χ3n) is 10.9. The number of ketones is 1. The largest absolute Gasteiger partial charge is 0.466 e. The van der Waals surface area contributed by atoms with Crippen LogP contribution >= 0.6 is 0 Å². The molecule has 5 fully saturated rings. The van der Waals surface area contributed by atoms with E-state index in [0.29, 0.717) is 19.3 Å². The first-order valence-electron chi connectivity index (χ1n) is 12.4. The van der Waals surface area contributed by atoms with Crippen molar-refractivity contribution in [2.24, 2.45) is 33.5 Å². The van der Waals surface area contributed by atoms with Gasteiger partial charge in [0.05, 0.1) is 7.11 Å². The molecule has 2 heterocycles. The van der Waals surface area contributed by atoms with Gasteiger partial charge in [-0.3, -0.25) is 9.59 Å². The SMILES string of the molecule is COC(=O)[C@@H]1OC(=O)[C@@H]2O[C@@]23[C@]2(C)[C@H](OC(C)=O)C[C@H]4C(C)(C)C(=O)CC[C@]4(C)[C@@H]2CC[C@@]13C. The first kappa shape index (κ1) is 23.8. The van der Waals surface area contributed by atoms with Crippen molar-refractivity contribution in [1.29, 1.82) is 0 Å². The van der Waals surface area contributed by atoms with Gasteiger partial charge in [-0.25, -0.2) is 9.59 Å². The van der Waals surface area contributed by atoms with Crippen LogP contribution in [0, 0.1) is 33.5 Å². The lowest BCUT2D eigenvalue weighted by Gasteiger charge is -2.69. The van der Waals surface area contributed by atoms with Crippen molar-refractivity contribution in [2.45, 2.75) is 97.6 Å². The molecule has 0 aromatic rings. The number of ether oxygens (including phenoxy) is 4. The molecule has 0 aromatic carbocycles. The second-order valence-corrected chi connectivity index (χ2v) is 12.4. The zero-order valence-electron chi connectivity index (χ0n) is 21.2. The number of Topliss-reactive ketones (excluding diaryl/α,β-unsaturated/α-hetero) is 1. The van der Waals surface area contributed by atoms with Gasteiger partial charge >= 0.3 is 17.9 Å². The van der Waals surface area contributed by atoms with Gasteiger partial charge in [0, 0.05) is 29.6 Å². The molecule has 0 unspecified atom stereocenters. The van der Waals surface area contributed by atoms with Crippen LogP contribution in [0.2, 0.25) is 0 Å². The number of rotatable bonds is 2. The Hall–Kier alpha value is -1.96. The predicted octanol–water partition coefficient (Wildman–Crippen LogP) is 2.99. The van der Waals surface area contributed by atoms with Gasteiger partial charge in [-0.05, 0) is 42.9 Å². The standard InChI is InChI=1S/C26H36O8/c1-13(27)32-17-12-15-22(2,3)16(28)9-10-23(15,4)14-8-11-24(5)18(20(29)31-7)33-21(30)19-26(24,34-19)25(14,17)6/h14-15,17-19H,8-12H2,1-7H3/t14-,15-,17+,18-,19-,23+,24-,25-,26-/m0/s1. The Bertz CT molecular complexity index is 987. The number of carbonyl (C=O) groups is 4. The fourth-order valence-corrected chi connectivity index (χ4v) is 9.25. The van der Waals surface area contributed by atoms with E-state index in [4.69, 9.17) is 18.9 Å². The summed E-state index contributed by atoms with van der Waals surface area (Å²) in [5.41, 5.74) is -3.35. The molecule has 3 aliphatic carbocycles. The van der Waals surface area contributed by atoms with Crippen LogP contribution in [0.5, 0.6) is 0 Å². The average Bonchev–Trinajstić information content (AvgIpc) is 3.53. The lowest BCUT2D eigenvalue weighted by Crippen LogP contribution is -2.75. The molecular weight excluding hydrogens is 440 g/mol. The smallest absolute Gasteiger partial charge is 0.347 e. The summed E-state index contributed by atoms with van der Waals surface area (Å²) in [7, 11) is 1.29. The molecule has 2 aliphatic heterocycles. The van der Waals surface area contributed by atoms with Crippen molar-refractivity contribution in [3.05, 3.63) is 0 Å². The fourth-order valence-electron chi connectivity index (χ4n) is 9.25. The molecule has 0 aromatic heterocycles. The monoisotopic (exact) mass is 476 g/mol. The quantitative estimate of drug-likeness (QED) is 0.340. The molecule has 0 amide bonds. The highest BCUT2D eigenvalue weighted by atomic mass is 16.7. The van der Waals surface area contributed by atoms with E-state index in [1.807, 2.05) is 20.8 Å². The first-order chi connectivity index (χ1) is 15.7. The number of methoxy groups -OCH3 is 1. The minimum atomic E-state index is -1.09. The van der Waals surface area contributed by atoms with E-state index in [0.717, 1.165) is 12.8 Å². The molecule has 3 saturated carbocycles. The Morgan fingerprint density at radius 1 is 1.03 bits per heavy atom. The minimum Gasteiger partial charge on any atom is -0.466 e. The highest BCUT2D eigenvalue weighted by Crippen LogP contribution is 2.78. The van der Waals surface area contributed by atoms with Gasteiger partial charge in [0.25, 0.3) is 0 Å². The first-order valence-corrected chi connectivity index (χ1v) is 12.4. The molecule has 0 N–H and O–H groups in total. The molecule has 188 valence electrons. The molecule has 0 radical (unpaired) electrons. The van der Waals surface area contributed by atoms with Crippen molar-refractivity contribution >= 4 is 23.7 Å². The average molecular weight is 477 g/mol. The summed E-state index contributed by atoms with van der Waals surface area (Å²) < 4.78 is 23.0. The van der Waals surface area contributed by atoms with Gasteiger partial charge in [-0.15, -0.1) is 0 Å². The van der Waals surface area contributed by atoms with E-state index in [9.17, 15) is 19.2 Å². The van der Waals surface area contributed by atoms with Crippen LogP contribution in [-0.2, 0) is 38.1 Å². The molecule has 5 rings (SSSR count). The van der Waals surface area contributed by atoms with Gasteiger partial charge in [-0.2, -0.15) is 0 Å². The van der Waals surface area contributed by atoms with Gasteiger partial charge in [0.15, 0.2) is 6.10 Å². The summed E-state index contributed by atoms with van der Waals surface area (Å²) in [4.78, 5) is 51.1. The van der Waals surface area contributed by atoms with E-state index in [2.05, 4.69) is 13.8 Å². The normalized spacial score (nSPS) is 50.5. The molecule has 8 heteroatoms. The maximum Gasteiger partial charge on any atom is 0.347 e. The number of hydrogen-bond donors (Lipinski definition) is 0. The zero-order chi connectivity index (χ0) is 25.1. The van der Waals surface area contributed by atoms with Gasteiger partial charge < -0.3 is 18.9 Å². The summed E-state index contributed by atoms with van der Waals surface area (Å²) in [6.45, 7) is 11.7. The van der Waals surface area contributed by atoms with Crippen molar-refractivity contribution in [3.8, 4) is 0 Å². The third-order valence-corrected chi connectivity index (χ3v) is 10.9. The highest BCUT2D eigenvalue weighted by Gasteiger charge is 2.89. The summed E-state index contributed by atoms with van der Waals surface area (Å²) in [5.74, 6) is -1.28. The van der Waals surface area contributed by atoms with E-state index in [1.165, 1.54) is 14.0 Å². The van der Waals surface area contributed by atoms with Crippen LogP contribution in [0.25, 0.3) is 0 Å². The number of fused-ring (bicyclic) bond motifs is 3. The second-order valence-electron chi connectivity index (χ2n) is 12.4. The van der Waals surface area contributed by atoms with Crippen LogP contribution in [0.15, 0.2) is 0 Å². The Morgan fingerprint density at radius 3 is 2.32 bits per heavy atom. The van der Waals surface area contributed by atoms with E-state index >= 15 is 0 Å². The maximum absolute atomic E-state index is 13.0. The molecule has 1 spiro atoms. The lowest BCUT2D eigenvalue weighted by molar-refractivity contribution is -0.263. The van der Waals surface area contributed by atoms with Gasteiger partial charge in [0.2, 0.25) is 6.10 Å². The predicted molar refractivity (Wildman–Crippen MR) is 118 cm³/mol. The number of cyclic esters (lactones) is 1. The Kier molecular flexibility index (Phi) is 4.77. The number of epoxide rings is 1.